The van der Waals surface area contributed by atoms with E-state index in [0.29, 0.717) is 19.4 Å². The van der Waals surface area contributed by atoms with Gasteiger partial charge in [0.25, 0.3) is 0 Å². The van der Waals surface area contributed by atoms with Crippen molar-refractivity contribution in [2.75, 3.05) is 19.8 Å². The van der Waals surface area contributed by atoms with Crippen LogP contribution in [0, 0.1) is 0 Å². The van der Waals surface area contributed by atoms with Crippen molar-refractivity contribution in [1.29, 1.82) is 0 Å². The Balaban J connectivity index is 4.40. The third kappa shape index (κ3) is 55.2. The van der Waals surface area contributed by atoms with Crippen LogP contribution in [0.5, 0.6) is 0 Å². The Morgan fingerprint density at radius 2 is 0.676 bits per heavy atom. The molecule has 0 aromatic carbocycles. The second kappa shape index (κ2) is 57.9. The van der Waals surface area contributed by atoms with Crippen LogP contribution >= 0.6 is 0 Å². The van der Waals surface area contributed by atoms with Gasteiger partial charge in [0, 0.05) is 19.4 Å². The number of rotatable bonds is 51. The molecule has 0 radical (unpaired) electrons. The third-order valence-corrected chi connectivity index (χ3v) is 11.8. The molecule has 0 aliphatic heterocycles. The molecule has 0 aromatic heterocycles. The fraction of sp³-hybridized carbons (Fsp3) is 0.683. The highest BCUT2D eigenvalue weighted by atomic mass is 16.6. The van der Waals surface area contributed by atoms with Crippen molar-refractivity contribution in [3.8, 4) is 0 Å². The summed E-state index contributed by atoms with van der Waals surface area (Å²) in [5, 5.41) is 0. The maximum atomic E-state index is 12.8. The molecule has 0 aromatic rings. The van der Waals surface area contributed by atoms with Crippen LogP contribution in [-0.4, -0.2) is 37.9 Å². The number of allylic oxidation sites excluding steroid dienone is 18. The summed E-state index contributed by atoms with van der Waals surface area (Å²) in [6.07, 6.45) is 79.7. The number of carbonyl (C=O) groups excluding carboxylic acids is 2. The van der Waals surface area contributed by atoms with E-state index in [1.807, 2.05) is 0 Å². The van der Waals surface area contributed by atoms with Gasteiger partial charge in [-0.05, 0) is 122 Å². The number of unbranched alkanes of at least 4 members (excludes halogenated alkanes) is 22. The summed E-state index contributed by atoms with van der Waals surface area (Å²) in [6, 6.07) is 0. The van der Waals surface area contributed by atoms with E-state index < -0.39 is 6.10 Å². The molecule has 5 nitrogen and oxygen atoms in total. The lowest BCUT2D eigenvalue weighted by molar-refractivity contribution is -0.163. The molecular formula is C63H106O5. The first-order valence-electron chi connectivity index (χ1n) is 28.4. The molecule has 0 N–H and O–H groups in total. The van der Waals surface area contributed by atoms with E-state index in [-0.39, 0.29) is 25.2 Å². The molecule has 1 atom stereocenters. The van der Waals surface area contributed by atoms with Gasteiger partial charge in [0.15, 0.2) is 6.10 Å². The van der Waals surface area contributed by atoms with Crippen molar-refractivity contribution in [3.05, 3.63) is 109 Å². The van der Waals surface area contributed by atoms with Crippen LogP contribution in [0.4, 0.5) is 0 Å². The topological polar surface area (TPSA) is 61.8 Å². The maximum absolute atomic E-state index is 12.8. The highest BCUT2D eigenvalue weighted by Gasteiger charge is 2.17. The molecule has 0 saturated carbocycles. The van der Waals surface area contributed by atoms with Crippen LogP contribution in [0.1, 0.15) is 252 Å². The minimum atomic E-state index is -0.576. The van der Waals surface area contributed by atoms with Gasteiger partial charge in [0.2, 0.25) is 0 Å². The summed E-state index contributed by atoms with van der Waals surface area (Å²) in [4.78, 5) is 25.5. The summed E-state index contributed by atoms with van der Waals surface area (Å²) < 4.78 is 17.4. The molecule has 68 heavy (non-hydrogen) atoms. The van der Waals surface area contributed by atoms with E-state index in [4.69, 9.17) is 14.2 Å². The fourth-order valence-corrected chi connectivity index (χ4v) is 7.55. The van der Waals surface area contributed by atoms with Crippen molar-refractivity contribution in [2.24, 2.45) is 0 Å². The van der Waals surface area contributed by atoms with Crippen LogP contribution in [-0.2, 0) is 23.8 Å². The van der Waals surface area contributed by atoms with Gasteiger partial charge in [-0.25, -0.2) is 0 Å². The van der Waals surface area contributed by atoms with Crippen LogP contribution in [0.15, 0.2) is 109 Å². The van der Waals surface area contributed by atoms with Crippen molar-refractivity contribution >= 4 is 11.9 Å². The maximum Gasteiger partial charge on any atom is 0.306 e. The van der Waals surface area contributed by atoms with Gasteiger partial charge in [-0.2, -0.15) is 0 Å². The zero-order valence-corrected chi connectivity index (χ0v) is 44.6. The van der Waals surface area contributed by atoms with Gasteiger partial charge < -0.3 is 14.2 Å². The number of hydrogen-bond acceptors (Lipinski definition) is 5. The van der Waals surface area contributed by atoms with Gasteiger partial charge in [0.05, 0.1) is 6.61 Å². The Morgan fingerprint density at radius 3 is 1.15 bits per heavy atom. The summed E-state index contributed by atoms with van der Waals surface area (Å²) in [5.41, 5.74) is 0. The molecule has 1 unspecified atom stereocenters. The Hall–Kier alpha value is -3.44. The second-order valence-electron chi connectivity index (χ2n) is 18.4. The normalized spacial score (nSPS) is 13.0. The highest BCUT2D eigenvalue weighted by Crippen LogP contribution is 2.13. The lowest BCUT2D eigenvalue weighted by Crippen LogP contribution is -2.30. The van der Waals surface area contributed by atoms with Gasteiger partial charge in [-0.1, -0.05) is 226 Å². The first-order chi connectivity index (χ1) is 33.6. The fourth-order valence-electron chi connectivity index (χ4n) is 7.55. The molecule has 388 valence electrons. The molecule has 0 heterocycles. The molecule has 0 saturated heterocycles. The molecule has 0 aliphatic carbocycles. The quantitative estimate of drug-likeness (QED) is 0.0345. The monoisotopic (exact) mass is 943 g/mol. The molecular weight excluding hydrogens is 837 g/mol. The van der Waals surface area contributed by atoms with Crippen LogP contribution in [0.25, 0.3) is 0 Å². The largest absolute Gasteiger partial charge is 0.462 e. The van der Waals surface area contributed by atoms with E-state index in [2.05, 4.69) is 130 Å². The summed E-state index contributed by atoms with van der Waals surface area (Å²) >= 11 is 0. The first-order valence-corrected chi connectivity index (χ1v) is 28.4. The average Bonchev–Trinajstić information content (AvgIpc) is 3.34. The molecule has 0 fully saturated rings. The van der Waals surface area contributed by atoms with Gasteiger partial charge in [0.1, 0.15) is 6.61 Å². The van der Waals surface area contributed by atoms with Crippen molar-refractivity contribution in [3.63, 3.8) is 0 Å². The average molecular weight is 944 g/mol. The van der Waals surface area contributed by atoms with E-state index in [1.165, 1.54) is 122 Å². The number of carbonyl (C=O) groups is 2. The predicted molar refractivity (Wildman–Crippen MR) is 297 cm³/mol. The van der Waals surface area contributed by atoms with Crippen molar-refractivity contribution < 1.29 is 23.8 Å². The SMILES string of the molecule is CC/C=C\C/C=C\C/C=C\C/C=C\C/C=C\CCCC(=O)OCC(COCCCCCCCCC/C=C\C/C=C\C/C=C\CCCCC)OC(=O)CCCCCCC/C=C\CCCCCCCC. The lowest BCUT2D eigenvalue weighted by atomic mass is 10.1. The molecule has 0 aliphatic rings. The van der Waals surface area contributed by atoms with Crippen molar-refractivity contribution in [1.82, 2.24) is 0 Å². The van der Waals surface area contributed by atoms with Crippen LogP contribution < -0.4 is 0 Å². The predicted octanol–water partition coefficient (Wildman–Crippen LogP) is 19.6. The molecule has 0 bridgehead atoms. The standard InChI is InChI=1S/C63H106O5/c1-4-7-10-13-16-19-22-25-28-30-31-32-34-37-40-43-46-49-52-55-58-66-59-61(68-63(65)57-54-51-48-45-42-39-35-27-24-21-18-15-12-9-6-3)60-67-62(64)56-53-50-47-44-41-38-36-33-29-26-23-20-17-14-11-8-5-2/h8,11,16-17,19-20,25-29,31-32,35-36,38,44,47,61H,4-7,9-10,12-15,18,21-24,30,33-34,37,39-43,45-46,48-60H2,1-3H3/b11-8-,19-16-,20-17-,28-25-,29-26-,32-31-,35-27-,38-36-,47-44-. The van der Waals surface area contributed by atoms with E-state index >= 15 is 0 Å². The molecule has 5 heteroatoms. The van der Waals surface area contributed by atoms with E-state index in [9.17, 15) is 9.59 Å². The molecule has 0 rings (SSSR count). The van der Waals surface area contributed by atoms with Gasteiger partial charge in [-0.15, -0.1) is 0 Å². The number of ether oxygens (including phenoxy) is 3. The number of esters is 2. The van der Waals surface area contributed by atoms with Crippen LogP contribution in [0.2, 0.25) is 0 Å². The summed E-state index contributed by atoms with van der Waals surface area (Å²) in [6.45, 7) is 7.60. The van der Waals surface area contributed by atoms with Gasteiger partial charge >= 0.3 is 11.9 Å². The Kier molecular flexibility index (Phi) is 54.9. The molecule has 0 spiro atoms. The smallest absolute Gasteiger partial charge is 0.306 e. The first kappa shape index (κ1) is 64.6. The third-order valence-electron chi connectivity index (χ3n) is 11.8. The van der Waals surface area contributed by atoms with Gasteiger partial charge in [-0.3, -0.25) is 9.59 Å². The Bertz CT molecular complexity index is 1340. The van der Waals surface area contributed by atoms with E-state index in [0.717, 1.165) is 96.3 Å². The highest BCUT2D eigenvalue weighted by molar-refractivity contribution is 5.70. The number of hydrogen-bond donors (Lipinski definition) is 0. The zero-order valence-electron chi connectivity index (χ0n) is 44.6. The van der Waals surface area contributed by atoms with E-state index in [1.54, 1.807) is 0 Å². The molecule has 0 amide bonds. The van der Waals surface area contributed by atoms with Crippen molar-refractivity contribution in [2.45, 2.75) is 258 Å². The van der Waals surface area contributed by atoms with Crippen LogP contribution in [0.3, 0.4) is 0 Å². The minimum absolute atomic E-state index is 0.0430. The second-order valence-corrected chi connectivity index (χ2v) is 18.4. The Labute approximate surface area is 421 Å². The minimum Gasteiger partial charge on any atom is -0.462 e. The lowest BCUT2D eigenvalue weighted by Gasteiger charge is -2.18. The summed E-state index contributed by atoms with van der Waals surface area (Å²) in [7, 11) is 0. The summed E-state index contributed by atoms with van der Waals surface area (Å²) in [5.74, 6) is -0.481. The zero-order chi connectivity index (χ0) is 49.2. The Morgan fingerprint density at radius 1 is 0.338 bits per heavy atom.